The average Bonchev–Trinajstić information content (AvgIpc) is 2.32. The predicted molar refractivity (Wildman–Crippen MR) is 76.8 cm³/mol. The molecule has 1 rings (SSSR count). The van der Waals surface area contributed by atoms with E-state index in [0.29, 0.717) is 0 Å². The van der Waals surface area contributed by atoms with Crippen molar-refractivity contribution in [3.63, 3.8) is 0 Å². The summed E-state index contributed by atoms with van der Waals surface area (Å²) in [6.45, 7) is 0.985. The first-order valence-electron chi connectivity index (χ1n) is 5.90. The van der Waals surface area contributed by atoms with Crippen LogP contribution in [0.15, 0.2) is 29.2 Å². The van der Waals surface area contributed by atoms with Gasteiger partial charge in [0.15, 0.2) is 5.40 Å². The predicted octanol–water partition coefficient (Wildman–Crippen LogP) is 0.772. The second kappa shape index (κ2) is 6.90. The van der Waals surface area contributed by atoms with Crippen LogP contribution >= 0.6 is 15.2 Å². The third kappa shape index (κ3) is 5.57. The Kier molecular flexibility index (Phi) is 6.11. The van der Waals surface area contributed by atoms with Crippen LogP contribution in [0.5, 0.6) is 0 Å². The Morgan fingerprint density at radius 2 is 1.50 bits per heavy atom. The molecule has 0 aliphatic carbocycles. The van der Waals surface area contributed by atoms with Crippen molar-refractivity contribution >= 4 is 25.3 Å². The molecule has 1 aromatic carbocycles. The van der Waals surface area contributed by atoms with E-state index in [4.69, 9.17) is 19.6 Å². The number of rotatable bonds is 7. The minimum Gasteiger partial charge on any atom is -0.324 e. The smallest absolute Gasteiger partial charge is 0.324 e. The zero-order chi connectivity index (χ0) is 17.2. The maximum absolute atomic E-state index is 11.8. The van der Waals surface area contributed by atoms with Crippen molar-refractivity contribution in [2.75, 3.05) is 6.61 Å². The second-order valence-electron chi connectivity index (χ2n) is 4.54. The van der Waals surface area contributed by atoms with E-state index in [2.05, 4.69) is 4.18 Å². The fraction of sp³-hybridized carbons (Fsp3) is 0.400. The van der Waals surface area contributed by atoms with E-state index in [1.165, 1.54) is 24.3 Å². The first-order chi connectivity index (χ1) is 9.84. The van der Waals surface area contributed by atoms with Crippen LogP contribution in [0.25, 0.3) is 0 Å². The van der Waals surface area contributed by atoms with Crippen molar-refractivity contribution < 1.29 is 41.3 Å². The highest BCUT2D eigenvalue weighted by atomic mass is 32.2. The molecule has 0 bridgehead atoms. The maximum atomic E-state index is 11.8. The molecule has 0 aliphatic heterocycles. The summed E-state index contributed by atoms with van der Waals surface area (Å²) in [6.07, 6.45) is -0.806. The molecule has 0 aromatic heterocycles. The van der Waals surface area contributed by atoms with Gasteiger partial charge in [0.2, 0.25) is 0 Å². The fourth-order valence-electron chi connectivity index (χ4n) is 1.57. The Balaban J connectivity index is 2.79. The molecule has 1 aromatic rings. The van der Waals surface area contributed by atoms with Crippen LogP contribution in [-0.4, -0.2) is 40.0 Å². The molecular formula is C10H16O9P2S. The van der Waals surface area contributed by atoms with Crippen LogP contribution < -0.4 is 0 Å². The summed E-state index contributed by atoms with van der Waals surface area (Å²) >= 11 is 0. The zero-order valence-electron chi connectivity index (χ0n) is 11.4. The molecule has 0 aliphatic rings. The zero-order valence-corrected chi connectivity index (χ0v) is 14.0. The second-order valence-corrected chi connectivity index (χ2v) is 10.2. The van der Waals surface area contributed by atoms with Crippen LogP contribution in [0, 0.1) is 6.92 Å². The first kappa shape index (κ1) is 19.5. The number of aryl methyl sites for hydroxylation is 1. The molecule has 0 saturated carbocycles. The van der Waals surface area contributed by atoms with E-state index >= 15 is 0 Å². The molecule has 0 heterocycles. The van der Waals surface area contributed by atoms with Gasteiger partial charge in [-0.05, 0) is 25.5 Å². The first-order valence-corrected chi connectivity index (χ1v) is 10.7. The van der Waals surface area contributed by atoms with Crippen LogP contribution in [0.3, 0.4) is 0 Å². The summed E-state index contributed by atoms with van der Waals surface area (Å²) < 4.78 is 50.3. The van der Waals surface area contributed by atoms with E-state index in [1.807, 2.05) is 0 Å². The van der Waals surface area contributed by atoms with Gasteiger partial charge in [-0.1, -0.05) is 17.7 Å². The van der Waals surface area contributed by atoms with Gasteiger partial charge in [-0.25, -0.2) is 0 Å². The van der Waals surface area contributed by atoms with Crippen LogP contribution in [0.1, 0.15) is 12.0 Å². The molecule has 4 N–H and O–H groups in total. The van der Waals surface area contributed by atoms with E-state index < -0.39 is 43.7 Å². The number of benzene rings is 1. The van der Waals surface area contributed by atoms with Gasteiger partial charge in [0.25, 0.3) is 10.1 Å². The SMILES string of the molecule is Cc1ccc(S(=O)(=O)OCCC(P(=O)(O)O)P(=O)(O)O)cc1. The van der Waals surface area contributed by atoms with Gasteiger partial charge in [-0.15, -0.1) is 0 Å². The molecule has 0 saturated heterocycles. The van der Waals surface area contributed by atoms with Crippen LogP contribution in [0.2, 0.25) is 0 Å². The van der Waals surface area contributed by atoms with Crippen molar-refractivity contribution in [1.82, 2.24) is 0 Å². The molecule has 12 heteroatoms. The van der Waals surface area contributed by atoms with Gasteiger partial charge < -0.3 is 19.6 Å². The van der Waals surface area contributed by atoms with Gasteiger partial charge in [-0.2, -0.15) is 8.42 Å². The molecule has 0 spiro atoms. The Hall–Kier alpha value is -0.570. The van der Waals surface area contributed by atoms with Gasteiger partial charge in [0.05, 0.1) is 11.5 Å². The normalized spacial score (nSPS) is 13.5. The van der Waals surface area contributed by atoms with E-state index in [0.717, 1.165) is 5.56 Å². The molecule has 0 atom stereocenters. The Morgan fingerprint density at radius 1 is 1.05 bits per heavy atom. The molecule has 22 heavy (non-hydrogen) atoms. The topological polar surface area (TPSA) is 158 Å². The number of hydrogen-bond acceptors (Lipinski definition) is 5. The van der Waals surface area contributed by atoms with Crippen molar-refractivity contribution in [2.24, 2.45) is 0 Å². The van der Waals surface area contributed by atoms with E-state index in [9.17, 15) is 17.5 Å². The summed E-state index contributed by atoms with van der Waals surface area (Å²) in [7, 11) is -14.4. The average molecular weight is 374 g/mol. The minimum atomic E-state index is -5.10. The van der Waals surface area contributed by atoms with Crippen molar-refractivity contribution in [3.8, 4) is 0 Å². The largest absolute Gasteiger partial charge is 0.340 e. The van der Waals surface area contributed by atoms with Gasteiger partial charge in [0, 0.05) is 0 Å². The summed E-state index contributed by atoms with van der Waals surface area (Å²) in [5.41, 5.74) is 0.821. The van der Waals surface area contributed by atoms with Gasteiger partial charge in [-0.3, -0.25) is 13.3 Å². The lowest BCUT2D eigenvalue weighted by Crippen LogP contribution is -2.15. The van der Waals surface area contributed by atoms with Crippen LogP contribution in [0.4, 0.5) is 0 Å². The monoisotopic (exact) mass is 374 g/mol. The fourth-order valence-corrected chi connectivity index (χ4v) is 4.94. The molecular weight excluding hydrogens is 358 g/mol. The molecule has 0 fully saturated rings. The molecule has 0 unspecified atom stereocenters. The lowest BCUT2D eigenvalue weighted by atomic mass is 10.2. The standard InChI is InChI=1S/C10H16O9P2S/c1-8-2-4-9(5-3-8)22(17,18)19-7-6-10(20(11,12)13)21(14,15)16/h2-5,10H,6-7H2,1H3,(H2,11,12,13)(H2,14,15,16). The van der Waals surface area contributed by atoms with E-state index in [-0.39, 0.29) is 4.90 Å². The lowest BCUT2D eigenvalue weighted by molar-refractivity contribution is 0.290. The lowest BCUT2D eigenvalue weighted by Gasteiger charge is -2.19. The van der Waals surface area contributed by atoms with Crippen molar-refractivity contribution in [1.29, 1.82) is 0 Å². The minimum absolute atomic E-state index is 0.165. The highest BCUT2D eigenvalue weighted by molar-refractivity contribution is 7.86. The van der Waals surface area contributed by atoms with Gasteiger partial charge >= 0.3 is 15.2 Å². The molecule has 0 radical (unpaired) electrons. The summed E-state index contributed by atoms with van der Waals surface area (Å²) in [4.78, 5) is 35.5. The Bertz CT molecular complexity index is 678. The highest BCUT2D eigenvalue weighted by Crippen LogP contribution is 2.61. The van der Waals surface area contributed by atoms with Crippen LogP contribution in [-0.2, 0) is 23.4 Å². The van der Waals surface area contributed by atoms with Crippen molar-refractivity contribution in [2.45, 2.75) is 23.6 Å². The van der Waals surface area contributed by atoms with Gasteiger partial charge in [0.1, 0.15) is 0 Å². The maximum Gasteiger partial charge on any atom is 0.340 e. The Labute approximate surface area is 127 Å². The molecule has 9 nitrogen and oxygen atoms in total. The van der Waals surface area contributed by atoms with Crippen molar-refractivity contribution in [3.05, 3.63) is 29.8 Å². The summed E-state index contributed by atoms with van der Waals surface area (Å²) in [5.74, 6) is 0. The third-order valence-electron chi connectivity index (χ3n) is 2.70. The Morgan fingerprint density at radius 3 is 1.91 bits per heavy atom. The number of hydrogen-bond donors (Lipinski definition) is 4. The highest BCUT2D eigenvalue weighted by Gasteiger charge is 2.43. The summed E-state index contributed by atoms with van der Waals surface area (Å²) in [5, 5.41) is -2.30. The third-order valence-corrected chi connectivity index (χ3v) is 7.90. The summed E-state index contributed by atoms with van der Waals surface area (Å²) in [6, 6.07) is 5.64. The quantitative estimate of drug-likeness (QED) is 0.399. The molecule has 0 amide bonds. The molecule has 126 valence electrons. The van der Waals surface area contributed by atoms with E-state index in [1.54, 1.807) is 6.92 Å².